The molecule has 10 heteroatoms. The van der Waals surface area contributed by atoms with Crippen molar-refractivity contribution in [1.29, 1.82) is 0 Å². The molecular formula is C24H26N4O5S. The van der Waals surface area contributed by atoms with Crippen LogP contribution in [0.25, 0.3) is 16.2 Å². The van der Waals surface area contributed by atoms with Crippen molar-refractivity contribution in [2.24, 2.45) is 0 Å². The Hall–Kier alpha value is -3.79. The Kier molecular flexibility index (Phi) is 7.17. The van der Waals surface area contributed by atoms with E-state index in [0.29, 0.717) is 47.6 Å². The number of nitrogens with one attached hydrogen (secondary N) is 1. The van der Waals surface area contributed by atoms with Crippen molar-refractivity contribution < 1.29 is 23.7 Å². The van der Waals surface area contributed by atoms with Gasteiger partial charge in [-0.05, 0) is 57.2 Å². The van der Waals surface area contributed by atoms with Crippen molar-refractivity contribution in [3.63, 3.8) is 0 Å². The lowest BCUT2D eigenvalue weighted by molar-refractivity contribution is 0.102. The van der Waals surface area contributed by atoms with Crippen molar-refractivity contribution in [2.45, 2.75) is 20.8 Å². The smallest absolute Gasteiger partial charge is 0.258 e. The van der Waals surface area contributed by atoms with Crippen LogP contribution in [0.15, 0.2) is 41.8 Å². The minimum absolute atomic E-state index is 0.205. The highest BCUT2D eigenvalue weighted by Gasteiger charge is 2.20. The van der Waals surface area contributed by atoms with Gasteiger partial charge in [-0.2, -0.15) is 4.98 Å². The standard InChI is InChI=1S/C24H26N4O5S/c1-5-31-19-12-16(13-20(32-6-2)21(19)33-7-3)22(29)25-23-26-24-28(27-23)18(14-34-24)15-8-10-17(30-4)11-9-15/h8-14H,5-7H2,1-4H3,(H,25,27,29). The van der Waals surface area contributed by atoms with Gasteiger partial charge in [-0.3, -0.25) is 10.1 Å². The van der Waals surface area contributed by atoms with Gasteiger partial charge in [0.25, 0.3) is 11.9 Å². The third kappa shape index (κ3) is 4.76. The highest BCUT2D eigenvalue weighted by Crippen LogP contribution is 2.39. The molecule has 0 bridgehead atoms. The maximum absolute atomic E-state index is 13.1. The van der Waals surface area contributed by atoms with Crippen LogP contribution >= 0.6 is 11.3 Å². The zero-order valence-corrected chi connectivity index (χ0v) is 20.3. The second kappa shape index (κ2) is 10.4. The van der Waals surface area contributed by atoms with Gasteiger partial charge in [-0.25, -0.2) is 4.52 Å². The van der Waals surface area contributed by atoms with Crippen molar-refractivity contribution >= 4 is 28.2 Å². The number of benzene rings is 2. The maximum Gasteiger partial charge on any atom is 0.258 e. The average molecular weight is 483 g/mol. The maximum atomic E-state index is 13.1. The molecule has 1 amide bonds. The number of rotatable bonds is 10. The normalized spacial score (nSPS) is 10.8. The first kappa shape index (κ1) is 23.4. The Morgan fingerprint density at radius 1 is 1.00 bits per heavy atom. The molecule has 4 aromatic rings. The van der Waals surface area contributed by atoms with Crippen LogP contribution in [0.5, 0.6) is 23.0 Å². The summed E-state index contributed by atoms with van der Waals surface area (Å²) in [6.07, 6.45) is 0. The number of carbonyl (C=O) groups is 1. The van der Waals surface area contributed by atoms with Crippen LogP contribution < -0.4 is 24.3 Å². The van der Waals surface area contributed by atoms with E-state index < -0.39 is 0 Å². The molecule has 0 saturated carbocycles. The van der Waals surface area contributed by atoms with Crippen LogP contribution in [0.1, 0.15) is 31.1 Å². The predicted octanol–water partition coefficient (Wildman–Crippen LogP) is 4.91. The van der Waals surface area contributed by atoms with Crippen molar-refractivity contribution in [1.82, 2.24) is 14.6 Å². The van der Waals surface area contributed by atoms with Gasteiger partial charge in [0.05, 0.1) is 32.6 Å². The van der Waals surface area contributed by atoms with Crippen LogP contribution in [-0.2, 0) is 0 Å². The Labute approximate surface area is 201 Å². The van der Waals surface area contributed by atoms with E-state index in [1.54, 1.807) is 23.8 Å². The van der Waals surface area contributed by atoms with Crippen LogP contribution in [0.2, 0.25) is 0 Å². The summed E-state index contributed by atoms with van der Waals surface area (Å²) in [7, 11) is 1.63. The van der Waals surface area contributed by atoms with Crippen LogP contribution in [0, 0.1) is 0 Å². The van der Waals surface area contributed by atoms with E-state index in [0.717, 1.165) is 17.0 Å². The molecule has 0 aliphatic rings. The number of hydrogen-bond acceptors (Lipinski definition) is 8. The van der Waals surface area contributed by atoms with Crippen LogP contribution in [0.4, 0.5) is 5.95 Å². The Bertz CT molecular complexity index is 1260. The monoisotopic (exact) mass is 482 g/mol. The summed E-state index contributed by atoms with van der Waals surface area (Å²) in [5.74, 6) is 1.97. The molecule has 178 valence electrons. The molecule has 2 aromatic carbocycles. The van der Waals surface area contributed by atoms with Gasteiger partial charge in [0.2, 0.25) is 10.7 Å². The molecule has 0 fully saturated rings. The molecule has 0 unspecified atom stereocenters. The lowest BCUT2D eigenvalue weighted by atomic mass is 10.1. The van der Waals surface area contributed by atoms with Gasteiger partial charge in [0.15, 0.2) is 11.5 Å². The van der Waals surface area contributed by atoms with Crippen LogP contribution in [-0.4, -0.2) is 47.4 Å². The fraction of sp³-hybridized carbons (Fsp3) is 0.292. The second-order valence-electron chi connectivity index (χ2n) is 7.03. The molecule has 0 aliphatic carbocycles. The number of aromatic nitrogens is 3. The van der Waals surface area contributed by atoms with Gasteiger partial charge in [0, 0.05) is 16.5 Å². The summed E-state index contributed by atoms with van der Waals surface area (Å²) in [6, 6.07) is 10.9. The number of nitrogens with zero attached hydrogens (tertiary/aromatic N) is 3. The Morgan fingerprint density at radius 3 is 2.24 bits per heavy atom. The number of carbonyl (C=O) groups excluding carboxylic acids is 1. The SMILES string of the molecule is CCOc1cc(C(=O)Nc2nc3scc(-c4ccc(OC)cc4)n3n2)cc(OCC)c1OCC. The topological polar surface area (TPSA) is 96.2 Å². The first-order chi connectivity index (χ1) is 16.6. The molecule has 0 saturated heterocycles. The third-order valence-corrected chi connectivity index (χ3v) is 5.68. The zero-order chi connectivity index (χ0) is 24.1. The molecule has 0 aliphatic heterocycles. The van der Waals surface area contributed by atoms with Crippen molar-refractivity contribution in [3.05, 3.63) is 47.3 Å². The molecule has 4 rings (SSSR count). The largest absolute Gasteiger partial charge is 0.497 e. The molecule has 34 heavy (non-hydrogen) atoms. The van der Waals surface area contributed by atoms with E-state index in [2.05, 4.69) is 15.4 Å². The van der Waals surface area contributed by atoms with E-state index in [1.807, 2.05) is 50.4 Å². The van der Waals surface area contributed by atoms with Gasteiger partial charge < -0.3 is 18.9 Å². The molecule has 9 nitrogen and oxygen atoms in total. The molecule has 0 spiro atoms. The Balaban J connectivity index is 1.62. The lowest BCUT2D eigenvalue weighted by Gasteiger charge is -2.16. The first-order valence-electron chi connectivity index (χ1n) is 10.9. The quantitative estimate of drug-likeness (QED) is 0.343. The summed E-state index contributed by atoms with van der Waals surface area (Å²) in [5, 5.41) is 9.23. The molecule has 1 N–H and O–H groups in total. The number of fused-ring (bicyclic) bond motifs is 1. The minimum Gasteiger partial charge on any atom is -0.497 e. The number of amides is 1. The van der Waals surface area contributed by atoms with Gasteiger partial charge >= 0.3 is 0 Å². The number of anilines is 1. The van der Waals surface area contributed by atoms with Crippen molar-refractivity contribution in [2.75, 3.05) is 32.2 Å². The van der Waals surface area contributed by atoms with Gasteiger partial charge in [0.1, 0.15) is 5.75 Å². The lowest BCUT2D eigenvalue weighted by Crippen LogP contribution is -2.14. The summed E-state index contributed by atoms with van der Waals surface area (Å²) in [6.45, 7) is 6.89. The first-order valence-corrected chi connectivity index (χ1v) is 11.8. The molecular weight excluding hydrogens is 456 g/mol. The predicted molar refractivity (Wildman–Crippen MR) is 131 cm³/mol. The summed E-state index contributed by atoms with van der Waals surface area (Å²) >= 11 is 1.44. The number of thiazole rings is 1. The molecule has 2 aromatic heterocycles. The Morgan fingerprint density at radius 2 is 1.65 bits per heavy atom. The third-order valence-electron chi connectivity index (χ3n) is 4.86. The fourth-order valence-corrected chi connectivity index (χ4v) is 4.22. The molecule has 0 atom stereocenters. The van der Waals surface area contributed by atoms with E-state index in [9.17, 15) is 4.79 Å². The van der Waals surface area contributed by atoms with Crippen LogP contribution in [0.3, 0.4) is 0 Å². The number of methoxy groups -OCH3 is 1. The van der Waals surface area contributed by atoms with E-state index in [-0.39, 0.29) is 11.9 Å². The van der Waals surface area contributed by atoms with Crippen molar-refractivity contribution in [3.8, 4) is 34.3 Å². The second-order valence-corrected chi connectivity index (χ2v) is 7.87. The zero-order valence-electron chi connectivity index (χ0n) is 19.5. The van der Waals surface area contributed by atoms with Gasteiger partial charge in [-0.15, -0.1) is 16.4 Å². The van der Waals surface area contributed by atoms with E-state index >= 15 is 0 Å². The number of ether oxygens (including phenoxy) is 4. The van der Waals surface area contributed by atoms with E-state index in [1.165, 1.54) is 11.3 Å². The number of hydrogen-bond donors (Lipinski definition) is 1. The highest BCUT2D eigenvalue weighted by atomic mass is 32.1. The average Bonchev–Trinajstić information content (AvgIpc) is 3.41. The minimum atomic E-state index is -0.380. The molecule has 2 heterocycles. The van der Waals surface area contributed by atoms with E-state index in [4.69, 9.17) is 18.9 Å². The highest BCUT2D eigenvalue weighted by molar-refractivity contribution is 7.15. The summed E-state index contributed by atoms with van der Waals surface area (Å²) in [5.41, 5.74) is 2.18. The fourth-order valence-electron chi connectivity index (χ4n) is 3.39. The summed E-state index contributed by atoms with van der Waals surface area (Å²) < 4.78 is 24.1. The summed E-state index contributed by atoms with van der Waals surface area (Å²) in [4.78, 5) is 18.2. The molecule has 0 radical (unpaired) electrons. The van der Waals surface area contributed by atoms with Gasteiger partial charge in [-0.1, -0.05) is 0 Å².